The van der Waals surface area contributed by atoms with Crippen LogP contribution in [0.3, 0.4) is 0 Å². The van der Waals surface area contributed by atoms with E-state index < -0.39 is 22.2 Å². The van der Waals surface area contributed by atoms with Gasteiger partial charge in [0.25, 0.3) is 15.9 Å². The lowest BCUT2D eigenvalue weighted by atomic mass is 9.83. The van der Waals surface area contributed by atoms with Crippen LogP contribution in [0.2, 0.25) is 0 Å². The molecule has 0 radical (unpaired) electrons. The minimum atomic E-state index is -3.98. The molecule has 202 valence electrons. The minimum absolute atomic E-state index is 0.0669. The quantitative estimate of drug-likeness (QED) is 0.428. The summed E-state index contributed by atoms with van der Waals surface area (Å²) in [7, 11) is -2.30. The summed E-state index contributed by atoms with van der Waals surface area (Å²) in [6.07, 6.45) is 8.28. The van der Waals surface area contributed by atoms with Gasteiger partial charge in [0.1, 0.15) is 0 Å². The number of carbonyl (C=O) groups is 2. The van der Waals surface area contributed by atoms with Crippen molar-refractivity contribution in [3.8, 4) is 0 Å². The molecule has 1 saturated carbocycles. The van der Waals surface area contributed by atoms with Gasteiger partial charge < -0.3 is 15.5 Å². The Morgan fingerprint density at radius 1 is 1.03 bits per heavy atom. The number of aliphatic imine (C=N–C) groups is 1. The molecule has 1 aromatic heterocycles. The number of aromatic nitrogens is 2. The number of anilines is 3. The van der Waals surface area contributed by atoms with E-state index in [1.807, 2.05) is 24.3 Å². The molecule has 39 heavy (non-hydrogen) atoms. The van der Waals surface area contributed by atoms with Gasteiger partial charge in [-0.2, -0.15) is 0 Å². The molecule has 1 fully saturated rings. The Bertz CT molecular complexity index is 1510. The predicted molar refractivity (Wildman–Crippen MR) is 148 cm³/mol. The lowest BCUT2D eigenvalue weighted by Gasteiger charge is -2.25. The van der Waals surface area contributed by atoms with Crippen LogP contribution in [-0.2, 0) is 14.8 Å². The topological polar surface area (TPSA) is 146 Å². The Kier molecular flexibility index (Phi) is 7.55. The first-order valence-corrected chi connectivity index (χ1v) is 14.2. The van der Waals surface area contributed by atoms with Crippen molar-refractivity contribution in [2.75, 3.05) is 22.0 Å². The van der Waals surface area contributed by atoms with Crippen LogP contribution >= 0.6 is 0 Å². The van der Waals surface area contributed by atoms with Gasteiger partial charge in [-0.1, -0.05) is 43.5 Å². The standard InChI is InChI=1S/C27H29N7O4S/c1-34-22-13-6-5-12-21(22)24(18-8-3-2-4-9-18)31-25(26(34)35)32-27(36)30-19-10-7-11-20(16-19)39(37,38)33-23-17-28-14-15-29-23/h5-7,10-18,25H,2-4,8-9H2,1H3,(H,29,33)(H2,30,32,36)/t25-/m0/s1. The normalized spacial score (nSPS) is 18.0. The van der Waals surface area contributed by atoms with Crippen molar-refractivity contribution in [2.45, 2.75) is 43.2 Å². The number of likely N-dealkylation sites (N-methyl/N-ethyl adjacent to an activating group) is 1. The minimum Gasteiger partial charge on any atom is -0.311 e. The summed E-state index contributed by atoms with van der Waals surface area (Å²) in [4.78, 5) is 40.4. The molecule has 12 heteroatoms. The van der Waals surface area contributed by atoms with Gasteiger partial charge in [-0.25, -0.2) is 18.2 Å². The monoisotopic (exact) mass is 547 g/mol. The maximum atomic E-state index is 13.4. The van der Waals surface area contributed by atoms with Crippen LogP contribution in [-0.4, -0.2) is 49.2 Å². The third-order valence-electron chi connectivity index (χ3n) is 6.84. The maximum absolute atomic E-state index is 13.4. The summed E-state index contributed by atoms with van der Waals surface area (Å²) < 4.78 is 27.9. The zero-order valence-electron chi connectivity index (χ0n) is 21.4. The number of rotatable bonds is 6. The SMILES string of the molecule is CN1C(=O)[C@H](NC(=O)Nc2cccc(S(=O)(=O)Nc3cnccn3)c2)N=C(C2CCCCC2)c2ccccc21. The summed E-state index contributed by atoms with van der Waals surface area (Å²) in [5.41, 5.74) is 2.71. The molecule has 1 aliphatic heterocycles. The molecule has 3 aromatic rings. The molecule has 3 amide bonds. The average Bonchev–Trinajstić information content (AvgIpc) is 3.05. The van der Waals surface area contributed by atoms with Crippen molar-refractivity contribution in [2.24, 2.45) is 10.9 Å². The maximum Gasteiger partial charge on any atom is 0.321 e. The highest BCUT2D eigenvalue weighted by molar-refractivity contribution is 7.92. The second kappa shape index (κ2) is 11.2. The van der Waals surface area contributed by atoms with Crippen LogP contribution in [0.25, 0.3) is 0 Å². The Morgan fingerprint density at radius 3 is 2.59 bits per heavy atom. The first-order chi connectivity index (χ1) is 18.8. The summed E-state index contributed by atoms with van der Waals surface area (Å²) in [5.74, 6) is -0.0969. The average molecular weight is 548 g/mol. The first-order valence-electron chi connectivity index (χ1n) is 12.7. The van der Waals surface area contributed by atoms with E-state index in [4.69, 9.17) is 4.99 Å². The van der Waals surface area contributed by atoms with Crippen LogP contribution < -0.4 is 20.3 Å². The van der Waals surface area contributed by atoms with Gasteiger partial charge in [-0.05, 0) is 37.1 Å². The smallest absolute Gasteiger partial charge is 0.311 e. The van der Waals surface area contributed by atoms with Gasteiger partial charge in [0.05, 0.1) is 22.5 Å². The van der Waals surface area contributed by atoms with E-state index in [0.29, 0.717) is 0 Å². The molecule has 11 nitrogen and oxygen atoms in total. The lowest BCUT2D eigenvalue weighted by molar-refractivity contribution is -0.119. The van der Waals surface area contributed by atoms with Gasteiger partial charge in [0.2, 0.25) is 6.17 Å². The zero-order chi connectivity index (χ0) is 27.4. The number of fused-ring (bicyclic) bond motifs is 1. The summed E-state index contributed by atoms with van der Waals surface area (Å²) in [6.45, 7) is 0. The number of nitrogens with zero attached hydrogens (tertiary/aromatic N) is 4. The number of urea groups is 1. The van der Waals surface area contributed by atoms with E-state index in [-0.39, 0.29) is 28.2 Å². The number of hydrogen-bond acceptors (Lipinski definition) is 7. The molecule has 3 N–H and O–H groups in total. The fourth-order valence-electron chi connectivity index (χ4n) is 4.92. The number of sulfonamides is 1. The molecular weight excluding hydrogens is 518 g/mol. The number of hydrogen-bond donors (Lipinski definition) is 3. The molecule has 2 heterocycles. The number of amides is 3. The molecule has 0 bridgehead atoms. The first kappa shape index (κ1) is 26.3. The summed E-state index contributed by atoms with van der Waals surface area (Å²) in [5, 5.41) is 5.30. The molecule has 2 aromatic carbocycles. The molecule has 0 spiro atoms. The highest BCUT2D eigenvalue weighted by Crippen LogP contribution is 2.33. The zero-order valence-corrected chi connectivity index (χ0v) is 22.2. The Morgan fingerprint density at radius 2 is 1.82 bits per heavy atom. The highest BCUT2D eigenvalue weighted by atomic mass is 32.2. The summed E-state index contributed by atoms with van der Waals surface area (Å²) >= 11 is 0. The van der Waals surface area contributed by atoms with Gasteiger partial charge >= 0.3 is 6.03 Å². The summed E-state index contributed by atoms with van der Waals surface area (Å²) in [6, 6.07) is 12.7. The van der Waals surface area contributed by atoms with Crippen molar-refractivity contribution in [1.29, 1.82) is 0 Å². The van der Waals surface area contributed by atoms with Crippen LogP contribution in [0.1, 0.15) is 37.7 Å². The van der Waals surface area contributed by atoms with E-state index in [1.165, 1.54) is 48.1 Å². The molecular formula is C27H29N7O4S. The van der Waals surface area contributed by atoms with Crippen molar-refractivity contribution in [1.82, 2.24) is 15.3 Å². The fraction of sp³-hybridized carbons (Fsp3) is 0.296. The van der Waals surface area contributed by atoms with Gasteiger partial charge in [0.15, 0.2) is 5.82 Å². The van der Waals surface area contributed by atoms with Crippen LogP contribution in [0.5, 0.6) is 0 Å². The predicted octanol–water partition coefficient (Wildman–Crippen LogP) is 3.77. The van der Waals surface area contributed by atoms with Crippen molar-refractivity contribution in [3.05, 3.63) is 72.7 Å². The third-order valence-corrected chi connectivity index (χ3v) is 8.19. The van der Waals surface area contributed by atoms with E-state index in [9.17, 15) is 18.0 Å². The van der Waals surface area contributed by atoms with Gasteiger partial charge in [0, 0.05) is 36.6 Å². The Labute approximate surface area is 226 Å². The second-order valence-electron chi connectivity index (χ2n) is 9.49. The lowest BCUT2D eigenvalue weighted by Crippen LogP contribution is -2.47. The van der Waals surface area contributed by atoms with Crippen LogP contribution in [0, 0.1) is 5.92 Å². The fourth-order valence-corrected chi connectivity index (χ4v) is 5.96. The van der Waals surface area contributed by atoms with E-state index in [1.54, 1.807) is 13.1 Å². The molecule has 0 saturated heterocycles. The Balaban J connectivity index is 1.36. The van der Waals surface area contributed by atoms with E-state index in [0.717, 1.165) is 42.6 Å². The number of carbonyl (C=O) groups excluding carboxylic acids is 2. The van der Waals surface area contributed by atoms with Gasteiger partial charge in [-0.15, -0.1) is 0 Å². The van der Waals surface area contributed by atoms with Crippen LogP contribution in [0.4, 0.5) is 22.0 Å². The number of benzene rings is 2. The van der Waals surface area contributed by atoms with Crippen molar-refractivity contribution < 1.29 is 18.0 Å². The van der Waals surface area contributed by atoms with E-state index >= 15 is 0 Å². The number of para-hydroxylation sites is 1. The molecule has 0 unspecified atom stereocenters. The van der Waals surface area contributed by atoms with Crippen molar-refractivity contribution in [3.63, 3.8) is 0 Å². The molecule has 1 aliphatic carbocycles. The van der Waals surface area contributed by atoms with Crippen LogP contribution in [0.15, 0.2) is 77.0 Å². The van der Waals surface area contributed by atoms with Crippen molar-refractivity contribution >= 4 is 44.9 Å². The van der Waals surface area contributed by atoms with E-state index in [2.05, 4.69) is 25.3 Å². The number of nitrogens with one attached hydrogen (secondary N) is 3. The highest BCUT2D eigenvalue weighted by Gasteiger charge is 2.33. The number of benzodiazepines with no additional fused rings is 1. The third kappa shape index (κ3) is 5.90. The largest absolute Gasteiger partial charge is 0.321 e. The molecule has 5 rings (SSSR count). The molecule has 1 atom stereocenters. The molecule has 2 aliphatic rings. The second-order valence-corrected chi connectivity index (χ2v) is 11.2. The van der Waals surface area contributed by atoms with Gasteiger partial charge in [-0.3, -0.25) is 19.5 Å². The Hall–Kier alpha value is -4.32.